The van der Waals surface area contributed by atoms with Gasteiger partial charge >= 0.3 is 30.6 Å². The van der Waals surface area contributed by atoms with Gasteiger partial charge in [0.2, 0.25) is 19.5 Å². The van der Waals surface area contributed by atoms with Crippen molar-refractivity contribution in [3.8, 4) is 22.5 Å². The largest absolute Gasteiger partial charge is 0.519 e. The van der Waals surface area contributed by atoms with Crippen molar-refractivity contribution in [2.75, 3.05) is 63.1 Å². The van der Waals surface area contributed by atoms with Gasteiger partial charge in [-0.15, -0.1) is 0 Å². The van der Waals surface area contributed by atoms with Gasteiger partial charge in [0.1, 0.15) is 30.0 Å². The van der Waals surface area contributed by atoms with Crippen molar-refractivity contribution in [1.29, 1.82) is 0 Å². The molecule has 2 aliphatic heterocycles. The van der Waals surface area contributed by atoms with Crippen LogP contribution in [-0.4, -0.2) is 191 Å². The number of halogens is 8. The van der Waals surface area contributed by atoms with E-state index >= 15 is 0 Å². The summed E-state index contributed by atoms with van der Waals surface area (Å²) >= 11 is 47.6. The molecule has 118 heavy (non-hydrogen) atoms. The lowest BCUT2D eigenvalue weighted by atomic mass is 9.88. The van der Waals surface area contributed by atoms with Crippen molar-refractivity contribution in [2.24, 2.45) is 11.8 Å². The Hall–Kier alpha value is -7.55. The molecular weight excluding hydrogens is 1730 g/mol. The molecule has 2 saturated heterocycles. The van der Waals surface area contributed by atoms with Crippen LogP contribution in [0.3, 0.4) is 0 Å². The number of benzene rings is 4. The number of rotatable bonds is 18. The first-order valence-electron chi connectivity index (χ1n) is 38.7. The second-order valence-electron chi connectivity index (χ2n) is 32.3. The number of hydrogen-bond donors (Lipinski definition) is 3. The Kier molecular flexibility index (Phi) is 31.4. The van der Waals surface area contributed by atoms with Gasteiger partial charge in [0.25, 0.3) is 20.0 Å². The summed E-state index contributed by atoms with van der Waals surface area (Å²) in [6, 6.07) is 31.4. The molecule has 6 heterocycles. The molecule has 640 valence electrons. The van der Waals surface area contributed by atoms with Crippen LogP contribution in [-0.2, 0) is 48.5 Å². The van der Waals surface area contributed by atoms with Crippen molar-refractivity contribution in [3.05, 3.63) is 144 Å². The lowest BCUT2D eigenvalue weighted by Gasteiger charge is -2.41. The first kappa shape index (κ1) is 92.7. The molecule has 0 spiro atoms. The number of nitrogens with zero attached hydrogens (tertiary/aromatic N) is 9. The zero-order valence-electron chi connectivity index (χ0n) is 66.8. The Labute approximate surface area is 728 Å². The Bertz CT molecular complexity index is 5000. The maximum Gasteiger partial charge on any atom is 0.519 e. The number of piperidine rings is 2. The number of nitrogens with one attached hydrogen (secondary N) is 3. The van der Waals surface area contributed by atoms with E-state index in [4.69, 9.17) is 126 Å². The SMILES string of the molecule is CC(C)(C)OC(=O)N(CC1CCN(C(=O)OCC(Cl)(Cl)Cl)CC1)[C@H]1CCC[C@@H](Nc2ncc(Cl)c(-c3cn(S(=O)(=O)c4ccccc4)c4ccccc34)n2)C1.CC(C)(C)OC(=O)OC(=O)OC(C)(C)C.O=C(OCC(Cl)(Cl)Cl)N1CCC(CN[C@H]2CCC[C@@H](Nc3ncc(Cl)c(-c4cn(S(=O)(=O)c5ccccc5)c5ccccc45)n3)C2)CC1. The molecule has 4 aromatic heterocycles. The first-order valence-corrected chi connectivity index (χ1v) is 44.6. The van der Waals surface area contributed by atoms with Crippen molar-refractivity contribution >= 4 is 177 Å². The summed E-state index contributed by atoms with van der Waals surface area (Å²) in [5.41, 5.74) is 0.956. The average molecular weight is 1830 g/mol. The second-order valence-corrected chi connectivity index (χ2v) is 41.7. The summed E-state index contributed by atoms with van der Waals surface area (Å²) in [6.07, 6.45) is 12.9. The van der Waals surface area contributed by atoms with E-state index in [1.165, 1.54) is 14.1 Å². The third-order valence-corrected chi connectivity index (χ3v) is 24.2. The lowest BCUT2D eigenvalue weighted by molar-refractivity contribution is -0.0295. The van der Waals surface area contributed by atoms with E-state index in [2.05, 4.69) is 30.7 Å². The molecule has 4 aliphatic rings. The van der Waals surface area contributed by atoms with E-state index in [9.17, 15) is 40.8 Å². The van der Waals surface area contributed by atoms with Crippen LogP contribution < -0.4 is 16.0 Å². The molecule has 2 saturated carbocycles. The van der Waals surface area contributed by atoms with Crippen molar-refractivity contribution in [2.45, 2.75) is 198 Å². The van der Waals surface area contributed by atoms with E-state index < -0.39 is 68.9 Å². The Balaban J connectivity index is 0.000000213. The Morgan fingerprint density at radius 3 is 1.31 bits per heavy atom. The summed E-state index contributed by atoms with van der Waals surface area (Å²) in [6.45, 7) is 18.4. The summed E-state index contributed by atoms with van der Waals surface area (Å²) in [5, 5.41) is 12.7. The van der Waals surface area contributed by atoms with Gasteiger partial charge in [-0.25, -0.2) is 68.7 Å². The van der Waals surface area contributed by atoms with Crippen LogP contribution in [0.2, 0.25) is 10.0 Å². The minimum absolute atomic E-state index is 0.0768. The number of aromatic nitrogens is 6. The maximum absolute atomic E-state index is 13.8. The number of para-hydroxylation sites is 2. The van der Waals surface area contributed by atoms with Crippen molar-refractivity contribution < 1.29 is 69.2 Å². The van der Waals surface area contributed by atoms with Gasteiger partial charge in [0.15, 0.2) is 0 Å². The van der Waals surface area contributed by atoms with Crippen LogP contribution in [0.5, 0.6) is 0 Å². The summed E-state index contributed by atoms with van der Waals surface area (Å²) in [7, 11) is -7.78. The van der Waals surface area contributed by atoms with Crippen LogP contribution >= 0.6 is 92.8 Å². The quantitative estimate of drug-likeness (QED) is 0.0311. The van der Waals surface area contributed by atoms with E-state index in [0.29, 0.717) is 120 Å². The molecule has 0 bridgehead atoms. The molecule has 3 N–H and O–H groups in total. The fraction of sp³-hybridized carbons (Fsp3) is 0.494. The fourth-order valence-electron chi connectivity index (χ4n) is 14.2. The molecule has 37 heteroatoms. The molecule has 12 rings (SSSR count). The third-order valence-electron chi connectivity index (χ3n) is 19.6. The van der Waals surface area contributed by atoms with Gasteiger partial charge in [-0.1, -0.05) is 166 Å². The lowest BCUT2D eigenvalue weighted by Crippen LogP contribution is -2.50. The van der Waals surface area contributed by atoms with E-state index in [1.807, 2.05) is 49.9 Å². The van der Waals surface area contributed by atoms with Crippen LogP contribution in [0.4, 0.5) is 35.9 Å². The van der Waals surface area contributed by atoms with Crippen LogP contribution in [0, 0.1) is 11.8 Å². The van der Waals surface area contributed by atoms with E-state index in [0.717, 1.165) is 69.7 Å². The first-order chi connectivity index (χ1) is 55.5. The van der Waals surface area contributed by atoms with Crippen molar-refractivity contribution in [1.82, 2.24) is 47.9 Å². The maximum atomic E-state index is 13.8. The predicted molar refractivity (Wildman–Crippen MR) is 460 cm³/mol. The van der Waals surface area contributed by atoms with Crippen LogP contribution in [0.1, 0.15) is 139 Å². The molecule has 4 aromatic carbocycles. The second kappa shape index (κ2) is 40.0. The summed E-state index contributed by atoms with van der Waals surface area (Å²) < 4.78 is 84.0. The highest BCUT2D eigenvalue weighted by molar-refractivity contribution is 7.90. The minimum atomic E-state index is -3.92. The highest BCUT2D eigenvalue weighted by Gasteiger charge is 2.38. The number of carbonyl (C=O) groups is 5. The number of amides is 3. The molecule has 27 nitrogen and oxygen atoms in total. The highest BCUT2D eigenvalue weighted by Crippen LogP contribution is 2.40. The van der Waals surface area contributed by atoms with Gasteiger partial charge in [0.05, 0.1) is 54.7 Å². The number of likely N-dealkylation sites (tertiary alicyclic amines) is 2. The smallest absolute Gasteiger partial charge is 0.445 e. The van der Waals surface area contributed by atoms with Gasteiger partial charge in [-0.2, -0.15) is 0 Å². The Morgan fingerprint density at radius 2 is 0.881 bits per heavy atom. The zero-order chi connectivity index (χ0) is 85.7. The van der Waals surface area contributed by atoms with Gasteiger partial charge in [-0.05, 0) is 194 Å². The zero-order valence-corrected chi connectivity index (χ0v) is 74.5. The molecule has 8 aromatic rings. The standard InChI is InChI=1S/C38H44Cl4N6O6S.C33H36Cl4N6O4S.C10H18O5/c1-37(2,3)54-36(50)47(22-25-16-18-46(19-17-25)35(49)53-24-38(40,41)42)27-11-9-10-26(20-27)44-34-43-21-31(39)33(45-34)30-23-48(32-15-8-7-14-29(30)32)55(51,52)28-12-5-4-6-13-28;34-28-19-39-31(41-30(28)27-20-43(29-12-5-4-11-26(27)29)48(45,46)25-9-2-1-3-10-25)40-24-8-6-7-23(17-24)38-18-22-13-15-42(16-14-22)32(44)47-21-33(35,36)37;1-9(2,3)14-7(11)13-8(12)15-10(4,5)6/h4-8,12-15,21,23,25-27H,9-11,16-20,22,24H2,1-3H3,(H,43,44,45);1-5,9-12,19-20,22-24,38H,6-8,13-18,21H2,(H,39,40,41);1-6H3/t26-,27+;23-,24+;/m10./s1. The van der Waals surface area contributed by atoms with Gasteiger partial charge in [0, 0.05) is 91.2 Å². The third kappa shape index (κ3) is 26.7. The molecule has 4 fully saturated rings. The predicted octanol–water partition coefficient (Wildman–Crippen LogP) is 19.6. The number of anilines is 2. The molecule has 4 atom stereocenters. The minimum Gasteiger partial charge on any atom is -0.445 e. The highest BCUT2D eigenvalue weighted by atomic mass is 35.6. The van der Waals surface area contributed by atoms with Crippen molar-refractivity contribution in [3.63, 3.8) is 0 Å². The number of fused-ring (bicyclic) bond motifs is 2. The summed E-state index contributed by atoms with van der Waals surface area (Å²) in [5.74, 6) is 1.36. The van der Waals surface area contributed by atoms with E-state index in [-0.39, 0.29) is 58.2 Å². The van der Waals surface area contributed by atoms with Gasteiger partial charge in [-0.3, -0.25) is 0 Å². The molecular formula is C81H98Cl8N12O15S2. The summed E-state index contributed by atoms with van der Waals surface area (Å²) in [4.78, 5) is 84.6. The Morgan fingerprint density at radius 1 is 0.492 bits per heavy atom. The number of hydrogen-bond acceptors (Lipinski definition) is 22. The van der Waals surface area contributed by atoms with Crippen LogP contribution in [0.15, 0.2) is 144 Å². The monoisotopic (exact) mass is 1820 g/mol. The molecule has 0 unspecified atom stereocenters. The number of carbonyl (C=O) groups excluding carboxylic acids is 5. The fourth-order valence-corrected chi connectivity index (χ4v) is 17.7. The normalized spacial score (nSPS) is 18.0. The average Bonchev–Trinajstić information content (AvgIpc) is 1.60. The molecule has 2 aliphatic carbocycles. The van der Waals surface area contributed by atoms with E-state index in [1.54, 1.807) is 155 Å². The number of ether oxygens (including phenoxy) is 6. The number of alkyl halides is 6. The topological polar surface area (TPSA) is 316 Å². The van der Waals surface area contributed by atoms with Gasteiger partial charge < -0.3 is 59.1 Å². The molecule has 3 amide bonds. The molecule has 0 radical (unpaired) electrons. The van der Waals surface area contributed by atoms with Crippen LogP contribution in [0.25, 0.3) is 44.3 Å².